The van der Waals surface area contributed by atoms with E-state index in [1.54, 1.807) is 6.92 Å². The van der Waals surface area contributed by atoms with Gasteiger partial charge in [-0.25, -0.2) is 0 Å². The van der Waals surface area contributed by atoms with Gasteiger partial charge in [-0.15, -0.1) is 0 Å². The van der Waals surface area contributed by atoms with Crippen LogP contribution in [-0.4, -0.2) is 32.4 Å². The number of methoxy groups -OCH3 is 1. The lowest BCUT2D eigenvalue weighted by Crippen LogP contribution is -2.50. The Morgan fingerprint density at radius 3 is 2.16 bits per heavy atom. The Balaban J connectivity index is 3.08. The van der Waals surface area contributed by atoms with Crippen molar-refractivity contribution >= 4 is 19.2 Å². The summed E-state index contributed by atoms with van der Waals surface area (Å²) in [4.78, 5) is 11.9. The molecule has 0 aromatic heterocycles. The highest BCUT2D eigenvalue weighted by molar-refractivity contribution is 6.91. The quantitative estimate of drug-likeness (QED) is 0.664. The van der Waals surface area contributed by atoms with E-state index in [2.05, 4.69) is 25.2 Å². The molecule has 0 aliphatic rings. The highest BCUT2D eigenvalue weighted by Gasteiger charge is 2.41. The predicted octanol–water partition coefficient (Wildman–Crippen LogP) is 2.16. The second-order valence-corrected chi connectivity index (χ2v) is 10.6. The van der Waals surface area contributed by atoms with Gasteiger partial charge in [0.25, 0.3) is 0 Å². The third kappa shape index (κ3) is 3.45. The number of aliphatic hydroxyl groups excluding tert-OH is 1. The minimum atomic E-state index is -1.85. The number of ether oxygens (including phenoxy) is 1. The van der Waals surface area contributed by atoms with Crippen LogP contribution in [0.4, 0.5) is 0 Å². The van der Waals surface area contributed by atoms with Gasteiger partial charge in [0, 0.05) is 0 Å². The molecule has 4 heteroatoms. The summed E-state index contributed by atoms with van der Waals surface area (Å²) in [7, 11) is -0.472. The molecular formula is C15H24O3Si. The van der Waals surface area contributed by atoms with Gasteiger partial charge in [0.1, 0.15) is 0 Å². The third-order valence-corrected chi connectivity index (χ3v) is 8.65. The summed E-state index contributed by atoms with van der Waals surface area (Å²) in [6, 6.07) is 10.3. The normalized spacial score (nSPS) is 16.5. The number of rotatable bonds is 5. The van der Waals surface area contributed by atoms with Crippen molar-refractivity contribution in [2.24, 2.45) is 5.92 Å². The molecule has 0 saturated carbocycles. The molecule has 1 aromatic carbocycles. The number of carbonyl (C=O) groups excluding carboxylic acids is 1. The van der Waals surface area contributed by atoms with Gasteiger partial charge in [-0.2, -0.15) is 0 Å². The Morgan fingerprint density at radius 2 is 1.74 bits per heavy atom. The molecule has 0 saturated heterocycles. The average molecular weight is 280 g/mol. The standard InChI is InChI=1S/C15H24O3Si/c1-11(16)14(15(17)18-3)12(2)19(4,5)13-9-7-6-8-10-13/h6-12,14,16H,1-5H3/t11-,12-,14-/m0/s1. The Labute approximate surface area is 116 Å². The van der Waals surface area contributed by atoms with Crippen molar-refractivity contribution in [1.82, 2.24) is 0 Å². The number of benzene rings is 1. The third-order valence-electron chi connectivity index (χ3n) is 4.19. The Hall–Kier alpha value is -1.13. The van der Waals surface area contributed by atoms with Crippen LogP contribution in [0.1, 0.15) is 13.8 Å². The lowest BCUT2D eigenvalue weighted by molar-refractivity contribution is -0.149. The van der Waals surface area contributed by atoms with Gasteiger partial charge in [0.15, 0.2) is 0 Å². The van der Waals surface area contributed by atoms with Gasteiger partial charge < -0.3 is 9.84 Å². The van der Waals surface area contributed by atoms with Crippen LogP contribution in [0.15, 0.2) is 30.3 Å². The predicted molar refractivity (Wildman–Crippen MR) is 80.2 cm³/mol. The lowest BCUT2D eigenvalue weighted by Gasteiger charge is -2.36. The minimum Gasteiger partial charge on any atom is -0.469 e. The van der Waals surface area contributed by atoms with Crippen molar-refractivity contribution in [3.63, 3.8) is 0 Å². The first-order valence-electron chi connectivity index (χ1n) is 6.63. The number of esters is 1. The summed E-state index contributed by atoms with van der Waals surface area (Å²) < 4.78 is 4.85. The molecule has 0 aliphatic carbocycles. The van der Waals surface area contributed by atoms with E-state index in [0.29, 0.717) is 0 Å². The molecule has 3 atom stereocenters. The maximum Gasteiger partial charge on any atom is 0.311 e. The van der Waals surface area contributed by atoms with Crippen LogP contribution in [0.25, 0.3) is 0 Å². The zero-order chi connectivity index (χ0) is 14.6. The van der Waals surface area contributed by atoms with Gasteiger partial charge in [-0.3, -0.25) is 4.79 Å². The summed E-state index contributed by atoms with van der Waals surface area (Å²) in [5.41, 5.74) is 0.0994. The number of hydrogen-bond acceptors (Lipinski definition) is 3. The highest BCUT2D eigenvalue weighted by atomic mass is 28.3. The average Bonchev–Trinajstić information content (AvgIpc) is 2.39. The molecule has 1 aromatic rings. The smallest absolute Gasteiger partial charge is 0.311 e. The van der Waals surface area contributed by atoms with E-state index in [-0.39, 0.29) is 11.5 Å². The molecule has 0 bridgehead atoms. The van der Waals surface area contributed by atoms with Crippen molar-refractivity contribution in [3.05, 3.63) is 30.3 Å². The van der Waals surface area contributed by atoms with Gasteiger partial charge >= 0.3 is 5.97 Å². The first-order valence-corrected chi connectivity index (χ1v) is 9.71. The maximum absolute atomic E-state index is 11.9. The molecule has 0 spiro atoms. The molecule has 0 fully saturated rings. The Kier molecular flexibility index (Phi) is 5.32. The van der Waals surface area contributed by atoms with E-state index >= 15 is 0 Å². The van der Waals surface area contributed by atoms with Gasteiger partial charge in [0.2, 0.25) is 0 Å². The van der Waals surface area contributed by atoms with Crippen molar-refractivity contribution in [3.8, 4) is 0 Å². The van der Waals surface area contributed by atoms with Crippen LogP contribution >= 0.6 is 0 Å². The topological polar surface area (TPSA) is 46.5 Å². The Bertz CT molecular complexity index is 415. The number of aliphatic hydroxyl groups is 1. The summed E-state index contributed by atoms with van der Waals surface area (Å²) in [6.45, 7) is 8.16. The van der Waals surface area contributed by atoms with Crippen molar-refractivity contribution < 1.29 is 14.6 Å². The molecule has 106 valence electrons. The zero-order valence-electron chi connectivity index (χ0n) is 12.4. The summed E-state index contributed by atoms with van der Waals surface area (Å²) in [5.74, 6) is -0.786. The van der Waals surface area contributed by atoms with Gasteiger partial charge in [0.05, 0.1) is 27.2 Å². The van der Waals surface area contributed by atoms with E-state index < -0.39 is 20.1 Å². The van der Waals surface area contributed by atoms with E-state index in [0.717, 1.165) is 0 Å². The fourth-order valence-electron chi connectivity index (χ4n) is 2.53. The fraction of sp³-hybridized carbons (Fsp3) is 0.533. The van der Waals surface area contributed by atoms with Crippen LogP contribution in [0.2, 0.25) is 18.6 Å². The molecule has 19 heavy (non-hydrogen) atoms. The molecule has 0 aliphatic heterocycles. The molecule has 3 nitrogen and oxygen atoms in total. The van der Waals surface area contributed by atoms with Crippen LogP contribution in [0, 0.1) is 5.92 Å². The SMILES string of the molecule is COC(=O)[C@@H]([C@H](C)O)[C@H](C)[Si](C)(C)c1ccccc1. The van der Waals surface area contributed by atoms with E-state index in [1.807, 2.05) is 25.1 Å². The van der Waals surface area contributed by atoms with Crippen LogP contribution < -0.4 is 5.19 Å². The van der Waals surface area contributed by atoms with Crippen LogP contribution in [-0.2, 0) is 9.53 Å². The number of carbonyl (C=O) groups is 1. The van der Waals surface area contributed by atoms with Crippen molar-refractivity contribution in [2.45, 2.75) is 38.6 Å². The first-order chi connectivity index (χ1) is 8.82. The maximum atomic E-state index is 11.9. The zero-order valence-corrected chi connectivity index (χ0v) is 13.4. The van der Waals surface area contributed by atoms with E-state index in [1.165, 1.54) is 12.3 Å². The highest BCUT2D eigenvalue weighted by Crippen LogP contribution is 2.32. The lowest BCUT2D eigenvalue weighted by atomic mass is 10.0. The largest absolute Gasteiger partial charge is 0.469 e. The molecule has 1 N–H and O–H groups in total. The van der Waals surface area contributed by atoms with E-state index in [4.69, 9.17) is 4.74 Å². The minimum absolute atomic E-state index is 0.0994. The Morgan fingerprint density at radius 1 is 1.21 bits per heavy atom. The second-order valence-electron chi connectivity index (χ2n) is 5.67. The van der Waals surface area contributed by atoms with Gasteiger partial charge in [-0.1, -0.05) is 55.5 Å². The van der Waals surface area contributed by atoms with Crippen molar-refractivity contribution in [1.29, 1.82) is 0 Å². The molecule has 0 radical (unpaired) electrons. The molecular weight excluding hydrogens is 256 g/mol. The first kappa shape index (κ1) is 15.9. The summed E-state index contributed by atoms with van der Waals surface area (Å²) in [5, 5.41) is 11.2. The summed E-state index contributed by atoms with van der Waals surface area (Å²) in [6.07, 6.45) is -0.696. The monoisotopic (exact) mass is 280 g/mol. The molecule has 0 amide bonds. The molecule has 1 rings (SSSR count). The van der Waals surface area contributed by atoms with E-state index in [9.17, 15) is 9.90 Å². The number of hydrogen-bond donors (Lipinski definition) is 1. The van der Waals surface area contributed by atoms with Gasteiger partial charge in [-0.05, 0) is 12.5 Å². The summed E-state index contributed by atoms with van der Waals surface area (Å²) >= 11 is 0. The second kappa shape index (κ2) is 6.35. The molecule has 0 unspecified atom stereocenters. The van der Waals surface area contributed by atoms with Crippen LogP contribution in [0.3, 0.4) is 0 Å². The van der Waals surface area contributed by atoms with Crippen molar-refractivity contribution in [2.75, 3.05) is 7.11 Å². The fourth-order valence-corrected chi connectivity index (χ4v) is 5.42. The van der Waals surface area contributed by atoms with Crippen LogP contribution in [0.5, 0.6) is 0 Å². The molecule has 0 heterocycles.